The van der Waals surface area contributed by atoms with Gasteiger partial charge in [0, 0.05) is 17.9 Å². The predicted molar refractivity (Wildman–Crippen MR) is 328 cm³/mol. The molecule has 5 aromatic carbocycles. The molecule has 5 aromatic rings. The monoisotopic (exact) mass is 1240 g/mol. The molecule has 4 aliphatic carbocycles. The van der Waals surface area contributed by atoms with E-state index in [9.17, 15) is 24.3 Å². The zero-order valence-electron chi connectivity index (χ0n) is 51.9. The molecule has 8 fully saturated rings. The summed E-state index contributed by atoms with van der Waals surface area (Å²) in [5, 5.41) is 13.1. The molecule has 5 saturated heterocycles. The largest absolute Gasteiger partial charge is 0.459 e. The van der Waals surface area contributed by atoms with Crippen LogP contribution >= 0.6 is 0 Å². The maximum atomic E-state index is 14.6. The number of aliphatic hydroxyl groups is 1. The summed E-state index contributed by atoms with van der Waals surface area (Å²) < 4.78 is 79.8. The number of ether oxygens (including phenoxy) is 12. The minimum absolute atomic E-state index is 0.00269. The first kappa shape index (κ1) is 61.8. The second-order valence-corrected chi connectivity index (χ2v) is 27.3. The van der Waals surface area contributed by atoms with Crippen molar-refractivity contribution in [3.63, 3.8) is 0 Å². The lowest BCUT2D eigenvalue weighted by atomic mass is 9.47. The molecule has 1 spiro atoms. The van der Waals surface area contributed by atoms with Crippen molar-refractivity contribution in [2.45, 2.75) is 171 Å². The summed E-state index contributed by atoms with van der Waals surface area (Å²) in [6.45, 7) is 9.88. The molecular weight excluding hydrogens is 1160 g/mol. The molecule has 0 radical (unpaired) electrons. The normalized spacial score (nSPS) is 38.9. The van der Waals surface area contributed by atoms with E-state index >= 15 is 0 Å². The molecule has 0 bridgehead atoms. The molecule has 9 aliphatic rings. The van der Waals surface area contributed by atoms with E-state index in [1.807, 2.05) is 30.3 Å². The van der Waals surface area contributed by atoms with Crippen LogP contribution in [0.15, 0.2) is 163 Å². The number of fused-ring (bicyclic) bond motifs is 8. The standard InChI is InChI=1S/C74H82O17/c1-43-32-37-74(82-40-43)44(2)58-55(91-74)39-54-52-31-30-50-38-51(33-35-72(50,3)53(52)34-36-73(54,58)4)83-70-59(75)62(60-57(84-70)42-81-69(89-60)49-28-18-9-19-29-49)90-71-64(88-68(79)48-26-16-8-17-27-48)63(87-67(78)47-24-14-7-15-25-47)61(86-66(77)46-22-12-6-13-23-46)56(85-71)41-80-65(76)45-20-10-5-11-21-45/h5-30,43-44,51-64,69-71,75H,31-42H2,1-4H3/t43-,44+,51+,52-,53+,54+,55+,56-,57-,58+,59-,60+,61-,62-,63+,64-,69-,70-,71+,72+,73+,74-/m1/s1. The van der Waals surface area contributed by atoms with Crippen LogP contribution in [0.4, 0.5) is 0 Å². The molecular formula is C74H82O17. The summed E-state index contributed by atoms with van der Waals surface area (Å²) in [6.07, 6.45) is -4.48. The lowest BCUT2D eigenvalue weighted by Gasteiger charge is -2.59. The van der Waals surface area contributed by atoms with Crippen LogP contribution in [0.25, 0.3) is 0 Å². The second-order valence-electron chi connectivity index (χ2n) is 27.3. The minimum Gasteiger partial charge on any atom is -0.459 e. The quantitative estimate of drug-likeness (QED) is 0.0625. The molecule has 5 heterocycles. The maximum Gasteiger partial charge on any atom is 0.338 e. The number of hydrogen-bond donors (Lipinski definition) is 1. The molecule has 91 heavy (non-hydrogen) atoms. The van der Waals surface area contributed by atoms with Gasteiger partial charge >= 0.3 is 23.9 Å². The topological polar surface area (TPSA) is 199 Å². The van der Waals surface area contributed by atoms with Gasteiger partial charge < -0.3 is 61.9 Å². The van der Waals surface area contributed by atoms with Gasteiger partial charge in [0.25, 0.3) is 0 Å². The predicted octanol–water partition coefficient (Wildman–Crippen LogP) is 11.6. The van der Waals surface area contributed by atoms with Crippen molar-refractivity contribution >= 4 is 23.9 Å². The summed E-state index contributed by atoms with van der Waals surface area (Å²) in [4.78, 5) is 57.4. The van der Waals surface area contributed by atoms with Gasteiger partial charge in [-0.3, -0.25) is 0 Å². The zero-order valence-corrected chi connectivity index (χ0v) is 51.9. The number of rotatable bonds is 14. The van der Waals surface area contributed by atoms with Gasteiger partial charge in [-0.05, 0) is 140 Å². The molecule has 17 nitrogen and oxygen atoms in total. The number of benzene rings is 5. The molecule has 480 valence electrons. The fourth-order valence-corrected chi connectivity index (χ4v) is 17.4. The van der Waals surface area contributed by atoms with Crippen molar-refractivity contribution in [3.05, 3.63) is 191 Å². The van der Waals surface area contributed by atoms with Crippen molar-refractivity contribution in [2.24, 2.45) is 46.3 Å². The highest BCUT2D eigenvalue weighted by Crippen LogP contribution is 2.71. The van der Waals surface area contributed by atoms with E-state index in [1.165, 1.54) is 5.57 Å². The van der Waals surface area contributed by atoms with E-state index < -0.39 is 104 Å². The Bertz CT molecular complexity index is 3400. The third kappa shape index (κ3) is 11.9. The average Bonchev–Trinajstić information content (AvgIpc) is 1.57. The lowest BCUT2D eigenvalue weighted by Crippen LogP contribution is -2.67. The number of esters is 4. The van der Waals surface area contributed by atoms with Gasteiger partial charge in [0.05, 0.1) is 47.7 Å². The molecule has 14 rings (SSSR count). The van der Waals surface area contributed by atoms with Crippen LogP contribution in [-0.2, 0) is 56.8 Å². The van der Waals surface area contributed by atoms with E-state index in [-0.39, 0.29) is 51.9 Å². The van der Waals surface area contributed by atoms with E-state index in [0.29, 0.717) is 53.9 Å². The number of hydrogen-bond acceptors (Lipinski definition) is 17. The summed E-state index contributed by atoms with van der Waals surface area (Å²) in [5.74, 6) is -0.806. The van der Waals surface area contributed by atoms with Crippen molar-refractivity contribution in [3.8, 4) is 0 Å². The Kier molecular flexibility index (Phi) is 17.5. The Balaban J connectivity index is 0.774. The van der Waals surface area contributed by atoms with Crippen LogP contribution in [0.3, 0.4) is 0 Å². The van der Waals surface area contributed by atoms with Gasteiger partial charge in [-0.25, -0.2) is 19.2 Å². The van der Waals surface area contributed by atoms with Gasteiger partial charge in [-0.1, -0.05) is 142 Å². The van der Waals surface area contributed by atoms with E-state index in [0.717, 1.165) is 51.6 Å². The molecule has 0 unspecified atom stereocenters. The Morgan fingerprint density at radius 3 is 1.79 bits per heavy atom. The maximum absolute atomic E-state index is 14.6. The summed E-state index contributed by atoms with van der Waals surface area (Å²) in [7, 11) is 0. The molecule has 1 N–H and O–H groups in total. The Hall–Kier alpha value is -6.64. The van der Waals surface area contributed by atoms with Crippen LogP contribution in [0, 0.1) is 46.3 Å². The second kappa shape index (κ2) is 25.7. The Labute approximate surface area is 531 Å². The highest BCUT2D eigenvalue weighted by molar-refractivity contribution is 5.91. The SMILES string of the molecule is C[C@@H]1CC[C@@]2(OC1)O[C@H]1C[C@H]3[C@@H]4CC=C5C[C@@H](O[C@@H]6O[C@@H]7CO[C@@H](c8ccccc8)O[C@@H]7[C@H](O[C@@H]7O[C@H](COC(=O)c8ccccc8)[C@@H](OC(=O)c8ccccc8)[C@H](OC(=O)c8ccccc8)[C@H]7OC(=O)c7ccccc7)[C@H]6O)CC[C@]5(C)[C@H]4CC[C@]3(C)[C@H]1[C@@H]2C. The molecule has 0 amide bonds. The molecule has 3 saturated carbocycles. The zero-order chi connectivity index (χ0) is 62.6. The smallest absolute Gasteiger partial charge is 0.338 e. The highest BCUT2D eigenvalue weighted by atomic mass is 16.8. The van der Waals surface area contributed by atoms with Crippen molar-refractivity contribution in [2.75, 3.05) is 19.8 Å². The number of allylic oxidation sites excluding steroid dienone is 1. The van der Waals surface area contributed by atoms with Crippen LogP contribution in [0.5, 0.6) is 0 Å². The van der Waals surface area contributed by atoms with Crippen molar-refractivity contribution < 1.29 is 81.1 Å². The molecule has 22 atom stereocenters. The van der Waals surface area contributed by atoms with E-state index in [1.54, 1.807) is 121 Å². The first-order valence-electron chi connectivity index (χ1n) is 32.8. The van der Waals surface area contributed by atoms with E-state index in [4.69, 9.17) is 56.8 Å². The average molecular weight is 1240 g/mol. The lowest BCUT2D eigenvalue weighted by molar-refractivity contribution is -0.395. The van der Waals surface area contributed by atoms with Gasteiger partial charge in [0.2, 0.25) is 0 Å². The first-order chi connectivity index (χ1) is 44.2. The van der Waals surface area contributed by atoms with Gasteiger partial charge in [0.1, 0.15) is 37.1 Å². The molecule has 5 aliphatic heterocycles. The fraction of sp³-hybridized carbons (Fsp3) is 0.514. The van der Waals surface area contributed by atoms with Crippen LogP contribution in [0.2, 0.25) is 0 Å². The Morgan fingerprint density at radius 1 is 0.582 bits per heavy atom. The summed E-state index contributed by atoms with van der Waals surface area (Å²) in [5.41, 5.74) is 2.82. The summed E-state index contributed by atoms with van der Waals surface area (Å²) in [6, 6.07) is 42.1. The van der Waals surface area contributed by atoms with Crippen molar-refractivity contribution in [1.29, 1.82) is 0 Å². The summed E-state index contributed by atoms with van der Waals surface area (Å²) >= 11 is 0. The van der Waals surface area contributed by atoms with Crippen molar-refractivity contribution in [1.82, 2.24) is 0 Å². The van der Waals surface area contributed by atoms with E-state index in [2.05, 4.69) is 33.8 Å². The third-order valence-corrected chi connectivity index (χ3v) is 22.1. The minimum atomic E-state index is -1.78. The Morgan fingerprint density at radius 2 is 1.18 bits per heavy atom. The van der Waals surface area contributed by atoms with Gasteiger partial charge in [-0.2, -0.15) is 0 Å². The van der Waals surface area contributed by atoms with Crippen LogP contribution in [0.1, 0.15) is 139 Å². The molecule has 17 heteroatoms. The number of carbonyl (C=O) groups excluding carboxylic acids is 4. The van der Waals surface area contributed by atoms with Gasteiger partial charge in [0.15, 0.2) is 43.0 Å². The highest BCUT2D eigenvalue weighted by Gasteiger charge is 2.69. The number of carbonyl (C=O) groups is 4. The molecule has 0 aromatic heterocycles. The first-order valence-corrected chi connectivity index (χ1v) is 32.8. The van der Waals surface area contributed by atoms with Gasteiger partial charge in [-0.15, -0.1) is 0 Å². The fourth-order valence-electron chi connectivity index (χ4n) is 17.4. The number of aliphatic hydroxyl groups excluding tert-OH is 1. The van der Waals surface area contributed by atoms with Crippen LogP contribution < -0.4 is 0 Å². The van der Waals surface area contributed by atoms with Crippen LogP contribution in [-0.4, -0.2) is 128 Å². The third-order valence-electron chi connectivity index (χ3n) is 22.1.